The van der Waals surface area contributed by atoms with Crippen molar-refractivity contribution < 1.29 is 8.42 Å². The minimum Gasteiger partial charge on any atom is -0.322 e. The second kappa shape index (κ2) is 4.99. The van der Waals surface area contributed by atoms with E-state index < -0.39 is 15.1 Å². The highest BCUT2D eigenvalue weighted by molar-refractivity contribution is 7.91. The number of hydrogen-bond acceptors (Lipinski definition) is 3. The number of sulfone groups is 1. The second-order valence-electron chi connectivity index (χ2n) is 3.33. The van der Waals surface area contributed by atoms with Gasteiger partial charge in [-0.2, -0.15) is 0 Å². The number of imidazole rings is 1. The summed E-state index contributed by atoms with van der Waals surface area (Å²) in [6.07, 6.45) is 3.62. The third-order valence-corrected chi connectivity index (χ3v) is 4.68. The number of nitrogens with zero attached hydrogens (tertiary/aromatic N) is 2. The lowest BCUT2D eigenvalue weighted by atomic mass is 10.4. The molecule has 1 aromatic heterocycles. The monoisotopic (exact) mass is 250 g/mol. The topological polar surface area (TPSA) is 52.0 Å². The highest BCUT2D eigenvalue weighted by atomic mass is 35.5. The van der Waals surface area contributed by atoms with Crippen LogP contribution in [0.15, 0.2) is 17.6 Å². The van der Waals surface area contributed by atoms with Gasteiger partial charge in [0.05, 0.1) is 5.25 Å². The van der Waals surface area contributed by atoms with Gasteiger partial charge in [0.1, 0.15) is 0 Å². The molecule has 1 unspecified atom stereocenters. The number of hydrogen-bond donors (Lipinski definition) is 0. The van der Waals surface area contributed by atoms with E-state index in [0.29, 0.717) is 18.8 Å². The Hall–Kier alpha value is -0.550. The van der Waals surface area contributed by atoms with Crippen LogP contribution >= 0.6 is 11.6 Å². The first kappa shape index (κ1) is 12.5. The lowest BCUT2D eigenvalue weighted by Crippen LogP contribution is -2.22. The van der Waals surface area contributed by atoms with Gasteiger partial charge >= 0.3 is 0 Å². The van der Waals surface area contributed by atoms with Crippen LogP contribution in [0, 0.1) is 0 Å². The van der Waals surface area contributed by atoms with Crippen molar-refractivity contribution in [2.45, 2.75) is 37.2 Å². The van der Waals surface area contributed by atoms with Crippen LogP contribution in [0.2, 0.25) is 0 Å². The maximum atomic E-state index is 12.0. The summed E-state index contributed by atoms with van der Waals surface area (Å²) in [7, 11) is -3.33. The van der Waals surface area contributed by atoms with E-state index in [1.165, 1.54) is 6.20 Å². The maximum absolute atomic E-state index is 12.0. The van der Waals surface area contributed by atoms with E-state index in [4.69, 9.17) is 11.6 Å². The molecule has 86 valence electrons. The van der Waals surface area contributed by atoms with Gasteiger partial charge in [-0.3, -0.25) is 0 Å². The molecule has 0 saturated carbocycles. The van der Waals surface area contributed by atoms with E-state index >= 15 is 0 Å². The van der Waals surface area contributed by atoms with Gasteiger partial charge in [0, 0.05) is 24.8 Å². The zero-order chi connectivity index (χ0) is 11.5. The number of aryl methyl sites for hydroxylation is 1. The first-order valence-corrected chi connectivity index (χ1v) is 6.93. The van der Waals surface area contributed by atoms with Crippen LogP contribution < -0.4 is 0 Å². The van der Waals surface area contributed by atoms with E-state index in [0.717, 1.165) is 0 Å². The van der Waals surface area contributed by atoms with Gasteiger partial charge in [0.15, 0.2) is 0 Å². The van der Waals surface area contributed by atoms with Crippen molar-refractivity contribution in [2.24, 2.45) is 0 Å². The maximum Gasteiger partial charge on any atom is 0.227 e. The van der Waals surface area contributed by atoms with Gasteiger partial charge in [-0.25, -0.2) is 13.4 Å². The van der Waals surface area contributed by atoms with Gasteiger partial charge in [-0.15, -0.1) is 11.6 Å². The van der Waals surface area contributed by atoms with Crippen molar-refractivity contribution in [2.75, 3.05) is 5.88 Å². The summed E-state index contributed by atoms with van der Waals surface area (Å²) >= 11 is 5.55. The zero-order valence-electron chi connectivity index (χ0n) is 8.85. The molecule has 0 fully saturated rings. The Labute approximate surface area is 95.2 Å². The molecule has 0 aliphatic carbocycles. The van der Waals surface area contributed by atoms with Gasteiger partial charge in [0.25, 0.3) is 0 Å². The normalized spacial score (nSPS) is 14.1. The van der Waals surface area contributed by atoms with Gasteiger partial charge in [-0.05, 0) is 20.3 Å². The Morgan fingerprint density at radius 2 is 2.27 bits per heavy atom. The van der Waals surface area contributed by atoms with Crippen LogP contribution in [-0.2, 0) is 16.4 Å². The molecule has 0 aliphatic heterocycles. The predicted molar refractivity (Wildman–Crippen MR) is 59.9 cm³/mol. The summed E-state index contributed by atoms with van der Waals surface area (Å²) in [5.74, 6) is 0.341. The molecule has 0 radical (unpaired) electrons. The highest BCUT2D eigenvalue weighted by Gasteiger charge is 2.26. The van der Waals surface area contributed by atoms with Crippen molar-refractivity contribution >= 4 is 21.4 Å². The van der Waals surface area contributed by atoms with Crippen molar-refractivity contribution in [1.82, 2.24) is 9.55 Å². The number of aromatic nitrogens is 2. The predicted octanol–water partition coefficient (Wildman–Crippen LogP) is 1.69. The molecule has 1 rings (SSSR count). The molecule has 1 aromatic rings. The van der Waals surface area contributed by atoms with Gasteiger partial charge in [-0.1, -0.05) is 0 Å². The van der Waals surface area contributed by atoms with Crippen molar-refractivity contribution in [3.8, 4) is 0 Å². The average Bonchev–Trinajstić information content (AvgIpc) is 2.66. The second-order valence-corrected chi connectivity index (χ2v) is 5.97. The average molecular weight is 251 g/mol. The number of alkyl halides is 1. The Kier molecular flexibility index (Phi) is 4.16. The fourth-order valence-corrected chi connectivity index (χ4v) is 3.25. The molecule has 0 aromatic carbocycles. The third-order valence-electron chi connectivity index (χ3n) is 2.32. The molecule has 0 bridgehead atoms. The Balaban J connectivity index is 3.05. The molecule has 1 atom stereocenters. The third kappa shape index (κ3) is 2.52. The summed E-state index contributed by atoms with van der Waals surface area (Å²) in [6.45, 7) is 4.14. The SMILES string of the molecule is CCn1ccnc1S(=O)(=O)C(C)CCCl. The highest BCUT2D eigenvalue weighted by Crippen LogP contribution is 2.16. The van der Waals surface area contributed by atoms with E-state index in [2.05, 4.69) is 4.98 Å². The van der Waals surface area contributed by atoms with E-state index in [9.17, 15) is 8.42 Å². The summed E-state index contributed by atoms with van der Waals surface area (Å²) in [5.41, 5.74) is 0. The molecular weight excluding hydrogens is 236 g/mol. The van der Waals surface area contributed by atoms with E-state index in [1.54, 1.807) is 17.7 Å². The smallest absolute Gasteiger partial charge is 0.227 e. The fraction of sp³-hybridized carbons (Fsp3) is 0.667. The fourth-order valence-electron chi connectivity index (χ4n) is 1.28. The molecule has 0 amide bonds. The summed E-state index contributed by atoms with van der Waals surface area (Å²) in [6, 6.07) is 0. The van der Waals surface area contributed by atoms with Crippen LogP contribution in [0.3, 0.4) is 0 Å². The van der Waals surface area contributed by atoms with Gasteiger partial charge in [0.2, 0.25) is 15.0 Å². The molecule has 15 heavy (non-hydrogen) atoms. The first-order chi connectivity index (χ1) is 7.04. The van der Waals surface area contributed by atoms with Gasteiger partial charge < -0.3 is 4.57 Å². The molecular formula is C9H15ClN2O2S. The van der Waals surface area contributed by atoms with Crippen LogP contribution in [0.4, 0.5) is 0 Å². The summed E-state index contributed by atoms with van der Waals surface area (Å²) in [5, 5.41) is -0.342. The Bertz CT molecular complexity index is 414. The summed E-state index contributed by atoms with van der Waals surface area (Å²) in [4.78, 5) is 3.89. The number of halogens is 1. The first-order valence-electron chi connectivity index (χ1n) is 4.85. The molecule has 4 nitrogen and oxygen atoms in total. The van der Waals surface area contributed by atoms with Crippen molar-refractivity contribution in [3.63, 3.8) is 0 Å². The number of rotatable bonds is 5. The zero-order valence-corrected chi connectivity index (χ0v) is 10.4. The van der Waals surface area contributed by atoms with E-state index in [-0.39, 0.29) is 5.16 Å². The molecule has 6 heteroatoms. The minimum atomic E-state index is -3.33. The molecule has 0 spiro atoms. The van der Waals surface area contributed by atoms with Crippen LogP contribution in [0.5, 0.6) is 0 Å². The van der Waals surface area contributed by atoms with Crippen LogP contribution in [-0.4, -0.2) is 29.1 Å². The lowest BCUT2D eigenvalue weighted by molar-refractivity contribution is 0.555. The van der Waals surface area contributed by atoms with Crippen molar-refractivity contribution in [3.05, 3.63) is 12.4 Å². The molecule has 0 aliphatic rings. The minimum absolute atomic E-state index is 0.141. The Morgan fingerprint density at radius 3 is 2.80 bits per heavy atom. The largest absolute Gasteiger partial charge is 0.322 e. The van der Waals surface area contributed by atoms with E-state index in [1.807, 2.05) is 6.92 Å². The Morgan fingerprint density at radius 1 is 1.60 bits per heavy atom. The standard InChI is InChI=1S/C9H15ClN2O2S/c1-3-12-7-6-11-9(12)15(13,14)8(2)4-5-10/h6-8H,3-5H2,1-2H3. The van der Waals surface area contributed by atoms with Crippen LogP contribution in [0.1, 0.15) is 20.3 Å². The molecule has 1 heterocycles. The lowest BCUT2D eigenvalue weighted by Gasteiger charge is -2.11. The van der Waals surface area contributed by atoms with Crippen molar-refractivity contribution in [1.29, 1.82) is 0 Å². The molecule has 0 N–H and O–H groups in total. The van der Waals surface area contributed by atoms with Crippen LogP contribution in [0.25, 0.3) is 0 Å². The summed E-state index contributed by atoms with van der Waals surface area (Å²) < 4.78 is 25.7. The quantitative estimate of drug-likeness (QED) is 0.748. The molecule has 0 saturated heterocycles.